The molecule has 3 rings (SSSR count). The van der Waals surface area contributed by atoms with Gasteiger partial charge in [-0.1, -0.05) is 54.6 Å². The number of aliphatic hydroxyl groups excluding tert-OH is 1. The van der Waals surface area contributed by atoms with Crippen molar-refractivity contribution in [2.75, 3.05) is 6.54 Å². The van der Waals surface area contributed by atoms with Crippen LogP contribution in [0.3, 0.4) is 0 Å². The maximum atomic E-state index is 11.0. The molecule has 0 aromatic heterocycles. The molecule has 2 aromatic carbocycles. The van der Waals surface area contributed by atoms with Gasteiger partial charge in [0.05, 0.1) is 12.0 Å². The number of hydrogen-bond acceptors (Lipinski definition) is 3. The molecule has 1 aliphatic carbocycles. The van der Waals surface area contributed by atoms with Crippen LogP contribution in [0.1, 0.15) is 37.4 Å². The molecule has 0 heterocycles. The summed E-state index contributed by atoms with van der Waals surface area (Å²) >= 11 is 0. The number of benzene rings is 2. The molecule has 1 atom stereocenters. The van der Waals surface area contributed by atoms with E-state index in [9.17, 15) is 9.90 Å². The van der Waals surface area contributed by atoms with E-state index < -0.39 is 12.1 Å². The fraction of sp³-hybridized carbons (Fsp3) is 0.381. The SMILES string of the molecule is O=C(O)C1CCC(NCC(O)c2ccc(-c3ccccc3)cc2)CC1. The Morgan fingerprint density at radius 1 is 0.960 bits per heavy atom. The van der Waals surface area contributed by atoms with E-state index in [2.05, 4.69) is 17.4 Å². The van der Waals surface area contributed by atoms with Crippen LogP contribution >= 0.6 is 0 Å². The van der Waals surface area contributed by atoms with Crippen LogP contribution in [0.5, 0.6) is 0 Å². The molecule has 4 heteroatoms. The van der Waals surface area contributed by atoms with Gasteiger partial charge in [0.25, 0.3) is 0 Å². The Kier molecular flexibility index (Phi) is 5.84. The zero-order chi connectivity index (χ0) is 17.6. The molecule has 0 spiro atoms. The highest BCUT2D eigenvalue weighted by Gasteiger charge is 2.25. The zero-order valence-electron chi connectivity index (χ0n) is 14.3. The van der Waals surface area contributed by atoms with Gasteiger partial charge in [-0.3, -0.25) is 4.79 Å². The van der Waals surface area contributed by atoms with E-state index in [1.54, 1.807) is 0 Å². The second-order valence-electron chi connectivity index (χ2n) is 6.80. The fourth-order valence-corrected chi connectivity index (χ4v) is 3.47. The van der Waals surface area contributed by atoms with Gasteiger partial charge in [-0.15, -0.1) is 0 Å². The van der Waals surface area contributed by atoms with Crippen LogP contribution in [0.2, 0.25) is 0 Å². The Morgan fingerprint density at radius 2 is 1.56 bits per heavy atom. The van der Waals surface area contributed by atoms with Crippen molar-refractivity contribution >= 4 is 5.97 Å². The van der Waals surface area contributed by atoms with Crippen LogP contribution in [-0.2, 0) is 4.79 Å². The van der Waals surface area contributed by atoms with E-state index in [1.165, 1.54) is 0 Å². The lowest BCUT2D eigenvalue weighted by Crippen LogP contribution is -2.37. The minimum atomic E-state index is -0.683. The van der Waals surface area contributed by atoms with Crippen LogP contribution < -0.4 is 5.32 Å². The molecule has 132 valence electrons. The summed E-state index contributed by atoms with van der Waals surface area (Å²) in [7, 11) is 0. The molecule has 0 bridgehead atoms. The summed E-state index contributed by atoms with van der Waals surface area (Å²) in [6.45, 7) is 0.493. The average molecular weight is 339 g/mol. The zero-order valence-corrected chi connectivity index (χ0v) is 14.3. The van der Waals surface area contributed by atoms with Crippen molar-refractivity contribution in [3.8, 4) is 11.1 Å². The van der Waals surface area contributed by atoms with Gasteiger partial charge >= 0.3 is 5.97 Å². The van der Waals surface area contributed by atoms with Crippen molar-refractivity contribution in [1.29, 1.82) is 0 Å². The molecular formula is C21H25NO3. The van der Waals surface area contributed by atoms with E-state index in [-0.39, 0.29) is 5.92 Å². The summed E-state index contributed by atoms with van der Waals surface area (Å²) in [6, 6.07) is 18.5. The van der Waals surface area contributed by atoms with Gasteiger partial charge in [0.1, 0.15) is 0 Å². The predicted molar refractivity (Wildman–Crippen MR) is 98.2 cm³/mol. The van der Waals surface area contributed by atoms with Crippen molar-refractivity contribution in [1.82, 2.24) is 5.32 Å². The average Bonchev–Trinajstić information content (AvgIpc) is 2.67. The van der Waals surface area contributed by atoms with Crippen molar-refractivity contribution in [2.45, 2.75) is 37.8 Å². The standard InChI is InChI=1S/C21H25NO3/c23-20(14-22-19-12-10-18(11-13-19)21(24)25)17-8-6-16(7-9-17)15-4-2-1-3-5-15/h1-9,18-20,22-23H,10-14H2,(H,24,25). The molecule has 1 unspecified atom stereocenters. The van der Waals surface area contributed by atoms with E-state index in [0.717, 1.165) is 42.4 Å². The summed E-state index contributed by atoms with van der Waals surface area (Å²) < 4.78 is 0. The number of aliphatic carboxylic acids is 1. The largest absolute Gasteiger partial charge is 0.481 e. The van der Waals surface area contributed by atoms with Gasteiger partial charge in [0.15, 0.2) is 0 Å². The molecule has 0 radical (unpaired) electrons. The lowest BCUT2D eigenvalue weighted by Gasteiger charge is -2.27. The Hall–Kier alpha value is -2.17. The molecular weight excluding hydrogens is 314 g/mol. The molecule has 0 amide bonds. The second-order valence-corrected chi connectivity index (χ2v) is 6.80. The molecule has 0 saturated heterocycles. The van der Waals surface area contributed by atoms with Crippen LogP contribution in [0.4, 0.5) is 0 Å². The second kappa shape index (κ2) is 8.28. The first-order valence-electron chi connectivity index (χ1n) is 8.93. The van der Waals surface area contributed by atoms with Gasteiger partial charge in [-0.2, -0.15) is 0 Å². The lowest BCUT2D eigenvalue weighted by molar-refractivity contribution is -0.142. The Bertz CT molecular complexity index is 676. The molecule has 1 aliphatic rings. The third kappa shape index (κ3) is 4.68. The maximum Gasteiger partial charge on any atom is 0.306 e. The van der Waals surface area contributed by atoms with E-state index in [0.29, 0.717) is 12.6 Å². The molecule has 2 aromatic rings. The van der Waals surface area contributed by atoms with Crippen LogP contribution in [0.25, 0.3) is 11.1 Å². The minimum Gasteiger partial charge on any atom is -0.481 e. The third-order valence-electron chi connectivity index (χ3n) is 5.08. The number of aliphatic hydroxyl groups is 1. The van der Waals surface area contributed by atoms with Crippen molar-refractivity contribution in [3.63, 3.8) is 0 Å². The van der Waals surface area contributed by atoms with Gasteiger partial charge in [0.2, 0.25) is 0 Å². The molecule has 25 heavy (non-hydrogen) atoms. The Morgan fingerprint density at radius 3 is 2.16 bits per heavy atom. The normalized spacial score (nSPS) is 21.6. The highest BCUT2D eigenvalue weighted by atomic mass is 16.4. The number of carboxylic acid groups (broad SMARTS) is 1. The van der Waals surface area contributed by atoms with E-state index in [1.807, 2.05) is 42.5 Å². The van der Waals surface area contributed by atoms with E-state index >= 15 is 0 Å². The van der Waals surface area contributed by atoms with Crippen LogP contribution in [-0.4, -0.2) is 28.8 Å². The van der Waals surface area contributed by atoms with E-state index in [4.69, 9.17) is 5.11 Å². The number of rotatable bonds is 6. The number of carboxylic acids is 1. The lowest BCUT2D eigenvalue weighted by atomic mass is 9.86. The Balaban J connectivity index is 1.50. The monoisotopic (exact) mass is 339 g/mol. The van der Waals surface area contributed by atoms with Gasteiger partial charge in [-0.05, 0) is 42.4 Å². The van der Waals surface area contributed by atoms with Crippen LogP contribution in [0, 0.1) is 5.92 Å². The van der Waals surface area contributed by atoms with Crippen molar-refractivity contribution in [3.05, 3.63) is 60.2 Å². The Labute approximate surface area is 148 Å². The highest BCUT2D eigenvalue weighted by Crippen LogP contribution is 2.25. The smallest absolute Gasteiger partial charge is 0.306 e. The fourth-order valence-electron chi connectivity index (χ4n) is 3.47. The first-order valence-corrected chi connectivity index (χ1v) is 8.93. The topological polar surface area (TPSA) is 69.6 Å². The maximum absolute atomic E-state index is 11.0. The third-order valence-corrected chi connectivity index (χ3v) is 5.08. The van der Waals surface area contributed by atoms with Gasteiger partial charge < -0.3 is 15.5 Å². The first-order chi connectivity index (χ1) is 12.1. The van der Waals surface area contributed by atoms with Crippen molar-refractivity contribution < 1.29 is 15.0 Å². The number of hydrogen-bond donors (Lipinski definition) is 3. The number of nitrogens with one attached hydrogen (secondary N) is 1. The number of carbonyl (C=O) groups is 1. The summed E-state index contributed by atoms with van der Waals surface area (Å²) in [5.41, 5.74) is 3.19. The van der Waals surface area contributed by atoms with Gasteiger partial charge in [0, 0.05) is 12.6 Å². The summed E-state index contributed by atoms with van der Waals surface area (Å²) in [5.74, 6) is -0.884. The molecule has 1 fully saturated rings. The predicted octanol–water partition coefficient (Wildman–Crippen LogP) is 3.62. The minimum absolute atomic E-state index is 0.200. The van der Waals surface area contributed by atoms with Gasteiger partial charge in [-0.25, -0.2) is 0 Å². The van der Waals surface area contributed by atoms with Crippen molar-refractivity contribution in [2.24, 2.45) is 5.92 Å². The quantitative estimate of drug-likeness (QED) is 0.752. The highest BCUT2D eigenvalue weighted by molar-refractivity contribution is 5.70. The van der Waals surface area contributed by atoms with Crippen LogP contribution in [0.15, 0.2) is 54.6 Å². The molecule has 0 aliphatic heterocycles. The first kappa shape index (κ1) is 17.6. The molecule has 4 nitrogen and oxygen atoms in total. The summed E-state index contributed by atoms with van der Waals surface area (Å²) in [5, 5.41) is 22.8. The molecule has 1 saturated carbocycles. The molecule has 3 N–H and O–H groups in total. The summed E-state index contributed by atoms with van der Waals surface area (Å²) in [6.07, 6.45) is 2.60. The summed E-state index contributed by atoms with van der Waals surface area (Å²) in [4.78, 5) is 11.0.